The van der Waals surface area contributed by atoms with E-state index in [2.05, 4.69) is 26.1 Å². The molecule has 3 aromatic rings. The molecule has 2 amide bonds. The van der Waals surface area contributed by atoms with Crippen LogP contribution in [0.1, 0.15) is 37.5 Å². The molecule has 3 aromatic carbocycles. The van der Waals surface area contributed by atoms with Crippen molar-refractivity contribution in [3.05, 3.63) is 106 Å². The fourth-order valence-corrected chi connectivity index (χ4v) is 3.84. The van der Waals surface area contributed by atoms with Crippen LogP contribution in [0.3, 0.4) is 0 Å². The van der Waals surface area contributed by atoms with Gasteiger partial charge in [-0.15, -0.1) is 0 Å². The Kier molecular flexibility index (Phi) is 6.09. The zero-order valence-corrected chi connectivity index (χ0v) is 19.4. The summed E-state index contributed by atoms with van der Waals surface area (Å²) in [6, 6.07) is 20.6. The number of carbonyl (C=O) groups excluding carboxylic acids is 2. The minimum atomic E-state index is -0.506. The third kappa shape index (κ3) is 4.69. The molecule has 6 heteroatoms. The van der Waals surface area contributed by atoms with Gasteiger partial charge in [0, 0.05) is 16.3 Å². The van der Waals surface area contributed by atoms with Crippen LogP contribution in [-0.2, 0) is 21.5 Å². The predicted octanol–water partition coefficient (Wildman–Crippen LogP) is 6.17. The van der Waals surface area contributed by atoms with Crippen molar-refractivity contribution in [2.24, 2.45) is 0 Å². The highest BCUT2D eigenvalue weighted by atomic mass is 35.5. The third-order valence-electron chi connectivity index (χ3n) is 5.61. The number of nitrogens with zero attached hydrogens (tertiary/aromatic N) is 1. The van der Waals surface area contributed by atoms with Crippen LogP contribution in [0.15, 0.2) is 78.5 Å². The zero-order valence-electron chi connectivity index (χ0n) is 18.7. The number of anilines is 1. The molecule has 0 atom stereocenters. The molecule has 4 nitrogen and oxygen atoms in total. The van der Waals surface area contributed by atoms with E-state index in [1.165, 1.54) is 6.07 Å². The smallest absolute Gasteiger partial charge is 0.278 e. The van der Waals surface area contributed by atoms with Crippen LogP contribution in [0.5, 0.6) is 0 Å². The monoisotopic (exact) mass is 462 g/mol. The summed E-state index contributed by atoms with van der Waals surface area (Å²) in [5.74, 6) is -1.46. The lowest BCUT2D eigenvalue weighted by Gasteiger charge is -2.19. The number of hydrogen-bond donors (Lipinski definition) is 1. The highest BCUT2D eigenvalue weighted by molar-refractivity contribution is 6.36. The molecular weight excluding hydrogens is 439 g/mol. The Hall–Kier alpha value is -3.44. The van der Waals surface area contributed by atoms with Gasteiger partial charge >= 0.3 is 0 Å². The summed E-state index contributed by atoms with van der Waals surface area (Å²) in [7, 11) is 0. The van der Waals surface area contributed by atoms with Gasteiger partial charge in [0.15, 0.2) is 0 Å². The molecule has 0 aromatic heterocycles. The van der Waals surface area contributed by atoms with Crippen LogP contribution < -0.4 is 5.32 Å². The van der Waals surface area contributed by atoms with E-state index < -0.39 is 17.6 Å². The molecule has 0 fully saturated rings. The predicted molar refractivity (Wildman–Crippen MR) is 129 cm³/mol. The van der Waals surface area contributed by atoms with E-state index >= 15 is 0 Å². The lowest BCUT2D eigenvalue weighted by molar-refractivity contribution is -0.137. The molecular formula is C27H24ClFN2O2. The van der Waals surface area contributed by atoms with Gasteiger partial charge in [0.2, 0.25) is 0 Å². The van der Waals surface area contributed by atoms with Crippen molar-refractivity contribution in [3.8, 4) is 0 Å². The van der Waals surface area contributed by atoms with Gasteiger partial charge in [-0.2, -0.15) is 0 Å². The Morgan fingerprint density at radius 1 is 0.879 bits per heavy atom. The van der Waals surface area contributed by atoms with E-state index in [1.807, 2.05) is 24.3 Å². The lowest BCUT2D eigenvalue weighted by Crippen LogP contribution is -2.32. The largest absolute Gasteiger partial charge is 0.350 e. The minimum Gasteiger partial charge on any atom is -0.350 e. The van der Waals surface area contributed by atoms with Gasteiger partial charge in [0.25, 0.3) is 11.8 Å². The van der Waals surface area contributed by atoms with Crippen molar-refractivity contribution < 1.29 is 14.0 Å². The molecule has 1 N–H and O–H groups in total. The molecule has 4 rings (SSSR count). The van der Waals surface area contributed by atoms with Crippen molar-refractivity contribution >= 4 is 34.7 Å². The van der Waals surface area contributed by atoms with Crippen molar-refractivity contribution in [1.82, 2.24) is 4.90 Å². The van der Waals surface area contributed by atoms with Crippen LogP contribution >= 0.6 is 11.6 Å². The van der Waals surface area contributed by atoms with E-state index in [0.29, 0.717) is 16.3 Å². The Morgan fingerprint density at radius 2 is 1.52 bits per heavy atom. The first-order chi connectivity index (χ1) is 15.6. The molecule has 1 heterocycles. The van der Waals surface area contributed by atoms with E-state index in [1.54, 1.807) is 42.5 Å². The lowest BCUT2D eigenvalue weighted by atomic mass is 9.87. The first kappa shape index (κ1) is 22.7. The van der Waals surface area contributed by atoms with Crippen LogP contribution in [0, 0.1) is 5.82 Å². The van der Waals surface area contributed by atoms with E-state index in [-0.39, 0.29) is 28.8 Å². The Labute approximate surface area is 197 Å². The maximum absolute atomic E-state index is 14.2. The first-order valence-corrected chi connectivity index (χ1v) is 11.0. The van der Waals surface area contributed by atoms with Gasteiger partial charge < -0.3 is 5.32 Å². The second kappa shape index (κ2) is 8.83. The summed E-state index contributed by atoms with van der Waals surface area (Å²) in [5, 5.41) is 3.65. The summed E-state index contributed by atoms with van der Waals surface area (Å²) in [5.41, 5.74) is 3.03. The standard InChI is InChI=1S/C27H24ClFN2O2/c1-27(2,3)19-10-14-21(15-11-19)30-24-23(17-8-12-20(28)13-9-17)25(32)31(26(24)33)16-18-6-4-5-7-22(18)29/h4-15,30H,16H2,1-3H3. The second-order valence-electron chi connectivity index (χ2n) is 9.00. The number of imide groups is 1. The van der Waals surface area contributed by atoms with Crippen LogP contribution in [-0.4, -0.2) is 16.7 Å². The molecule has 33 heavy (non-hydrogen) atoms. The van der Waals surface area contributed by atoms with Crippen LogP contribution in [0.2, 0.25) is 5.02 Å². The summed E-state index contributed by atoms with van der Waals surface area (Å²) in [4.78, 5) is 27.8. The van der Waals surface area contributed by atoms with Gasteiger partial charge in [-0.3, -0.25) is 14.5 Å². The quantitative estimate of drug-likeness (QED) is 0.461. The number of benzene rings is 3. The van der Waals surface area contributed by atoms with Crippen LogP contribution in [0.4, 0.5) is 10.1 Å². The highest BCUT2D eigenvalue weighted by Crippen LogP contribution is 2.33. The number of halogens is 2. The molecule has 1 aliphatic heterocycles. The molecule has 0 spiro atoms. The highest BCUT2D eigenvalue weighted by Gasteiger charge is 2.39. The van der Waals surface area contributed by atoms with E-state index in [9.17, 15) is 14.0 Å². The van der Waals surface area contributed by atoms with Crippen LogP contribution in [0.25, 0.3) is 5.57 Å². The molecule has 0 aliphatic carbocycles. The Bertz CT molecular complexity index is 1240. The summed E-state index contributed by atoms with van der Waals surface area (Å²) in [6.07, 6.45) is 0. The number of carbonyl (C=O) groups is 2. The normalized spacial score (nSPS) is 14.3. The van der Waals surface area contributed by atoms with Crippen molar-refractivity contribution in [1.29, 1.82) is 0 Å². The third-order valence-corrected chi connectivity index (χ3v) is 5.86. The fraction of sp³-hybridized carbons (Fsp3) is 0.185. The minimum absolute atomic E-state index is 0.0119. The maximum atomic E-state index is 14.2. The number of amides is 2. The molecule has 0 saturated carbocycles. The average Bonchev–Trinajstić information content (AvgIpc) is 3.00. The van der Waals surface area contributed by atoms with E-state index in [0.717, 1.165) is 10.5 Å². The number of rotatable bonds is 5. The maximum Gasteiger partial charge on any atom is 0.278 e. The molecule has 168 valence electrons. The Balaban J connectivity index is 1.72. The first-order valence-electron chi connectivity index (χ1n) is 10.6. The number of nitrogens with one attached hydrogen (secondary N) is 1. The molecule has 0 radical (unpaired) electrons. The van der Waals surface area contributed by atoms with E-state index in [4.69, 9.17) is 11.6 Å². The topological polar surface area (TPSA) is 49.4 Å². The van der Waals surface area contributed by atoms with Gasteiger partial charge in [0.1, 0.15) is 11.5 Å². The summed E-state index contributed by atoms with van der Waals surface area (Å²) >= 11 is 6.02. The average molecular weight is 463 g/mol. The molecule has 1 aliphatic rings. The van der Waals surface area contributed by atoms with Gasteiger partial charge in [0.05, 0.1) is 12.1 Å². The molecule has 0 saturated heterocycles. The second-order valence-corrected chi connectivity index (χ2v) is 9.43. The zero-order chi connectivity index (χ0) is 23.8. The summed E-state index contributed by atoms with van der Waals surface area (Å²) < 4.78 is 14.2. The van der Waals surface area contributed by atoms with Gasteiger partial charge in [-0.1, -0.05) is 74.8 Å². The summed E-state index contributed by atoms with van der Waals surface area (Å²) in [6.45, 7) is 6.21. The van der Waals surface area contributed by atoms with Gasteiger partial charge in [-0.05, 0) is 46.9 Å². The molecule has 0 bridgehead atoms. The fourth-order valence-electron chi connectivity index (χ4n) is 3.71. The Morgan fingerprint density at radius 3 is 2.12 bits per heavy atom. The van der Waals surface area contributed by atoms with Crippen molar-refractivity contribution in [2.45, 2.75) is 32.7 Å². The van der Waals surface area contributed by atoms with Crippen molar-refractivity contribution in [3.63, 3.8) is 0 Å². The number of hydrogen-bond acceptors (Lipinski definition) is 3. The SMILES string of the molecule is CC(C)(C)c1ccc(NC2=C(c3ccc(Cl)cc3)C(=O)N(Cc3ccccc3F)C2=O)cc1. The molecule has 0 unspecified atom stereocenters. The van der Waals surface area contributed by atoms with Crippen molar-refractivity contribution in [2.75, 3.05) is 5.32 Å². The van der Waals surface area contributed by atoms with Gasteiger partial charge in [-0.25, -0.2) is 4.39 Å².